The molecule has 2 aliphatic carbocycles. The maximum absolute atomic E-state index is 3.47. The van der Waals surface area contributed by atoms with Gasteiger partial charge in [0.1, 0.15) is 0 Å². The van der Waals surface area contributed by atoms with Gasteiger partial charge < -0.3 is 31.9 Å². The normalized spacial score (nSPS) is 15.4. The van der Waals surface area contributed by atoms with Gasteiger partial charge in [-0.3, -0.25) is 0 Å². The molecule has 0 bridgehead atoms. The minimum atomic E-state index is 1.01. The molecule has 2 aliphatic rings. The van der Waals surface area contributed by atoms with E-state index in [0.29, 0.717) is 0 Å². The Morgan fingerprint density at radius 1 is 0.464 bits per heavy atom. The van der Waals surface area contributed by atoms with Crippen molar-refractivity contribution in [2.45, 2.75) is 12.8 Å². The van der Waals surface area contributed by atoms with Crippen molar-refractivity contribution in [3.63, 3.8) is 0 Å². The smallest absolute Gasteiger partial charge is 0.0171 e. The maximum atomic E-state index is 3.47. The summed E-state index contributed by atoms with van der Waals surface area (Å²) in [6.07, 6.45) is 15.3. The van der Waals surface area contributed by atoms with E-state index in [9.17, 15) is 0 Å². The summed E-state index contributed by atoms with van der Waals surface area (Å²) >= 11 is 0. The van der Waals surface area contributed by atoms with Crippen LogP contribution in [0.4, 0.5) is 0 Å². The summed E-state index contributed by atoms with van der Waals surface area (Å²) in [4.78, 5) is 0. The summed E-state index contributed by atoms with van der Waals surface area (Å²) in [5, 5.41) is 20.8. The van der Waals surface area contributed by atoms with E-state index >= 15 is 0 Å². The highest BCUT2D eigenvalue weighted by Gasteiger charge is 1.98. The first-order chi connectivity index (χ1) is 13.9. The highest BCUT2D eigenvalue weighted by Crippen LogP contribution is 2.08. The molecule has 0 unspecified atom stereocenters. The van der Waals surface area contributed by atoms with Crippen LogP contribution in [0.5, 0.6) is 0 Å². The van der Waals surface area contributed by atoms with E-state index in [1.54, 1.807) is 0 Å². The lowest BCUT2D eigenvalue weighted by Crippen LogP contribution is -2.37. The Balaban J connectivity index is 1.19. The molecule has 0 spiro atoms. The van der Waals surface area contributed by atoms with Gasteiger partial charge in [0.15, 0.2) is 0 Å². The Kier molecular flexibility index (Phi) is 13.7. The lowest BCUT2D eigenvalue weighted by Gasteiger charge is -2.10. The highest BCUT2D eigenvalue weighted by atomic mass is 15.0. The first-order valence-corrected chi connectivity index (χ1v) is 10.9. The molecule has 0 radical (unpaired) electrons. The lowest BCUT2D eigenvalue weighted by molar-refractivity contribution is 0.556. The summed E-state index contributed by atoms with van der Waals surface area (Å²) in [7, 11) is 0. The Bertz CT molecular complexity index is 463. The highest BCUT2D eigenvalue weighted by molar-refractivity contribution is 5.24. The van der Waals surface area contributed by atoms with E-state index < -0.39 is 0 Å². The second-order valence-corrected chi connectivity index (χ2v) is 7.27. The van der Waals surface area contributed by atoms with Gasteiger partial charge in [-0.1, -0.05) is 47.6 Å². The lowest BCUT2D eigenvalue weighted by atomic mass is 10.2. The molecule has 158 valence electrons. The van der Waals surface area contributed by atoms with E-state index in [2.05, 4.69) is 68.4 Å². The summed E-state index contributed by atoms with van der Waals surface area (Å²) in [5.41, 5.74) is 2.96. The van der Waals surface area contributed by atoms with Gasteiger partial charge in [-0.25, -0.2) is 0 Å². The second kappa shape index (κ2) is 16.7. The van der Waals surface area contributed by atoms with Crippen LogP contribution in [0.2, 0.25) is 0 Å². The van der Waals surface area contributed by atoms with Crippen LogP contribution in [0.1, 0.15) is 12.8 Å². The van der Waals surface area contributed by atoms with Crippen molar-refractivity contribution < 1.29 is 0 Å². The zero-order valence-electron chi connectivity index (χ0n) is 17.4. The molecule has 6 heteroatoms. The van der Waals surface area contributed by atoms with Gasteiger partial charge in [-0.05, 0) is 12.8 Å². The minimum absolute atomic E-state index is 1.01. The SMILES string of the molecule is C1=CCC(CNCCNCCNCCNCCNCCNCC2=CC=CC2)=C1. The van der Waals surface area contributed by atoms with Crippen LogP contribution in [0.25, 0.3) is 0 Å². The molecular weight excluding hydrogens is 348 g/mol. The number of nitrogens with one attached hydrogen (secondary N) is 6. The molecule has 2 rings (SSSR count). The van der Waals surface area contributed by atoms with Crippen molar-refractivity contribution >= 4 is 0 Å². The summed E-state index contributed by atoms with van der Waals surface area (Å²) in [6, 6.07) is 0. The molecule has 0 heterocycles. The summed E-state index contributed by atoms with van der Waals surface area (Å²) in [6.45, 7) is 12.2. The Morgan fingerprint density at radius 2 is 0.786 bits per heavy atom. The van der Waals surface area contributed by atoms with Crippen LogP contribution in [0.3, 0.4) is 0 Å². The third-order valence-electron chi connectivity index (χ3n) is 4.79. The Hall–Kier alpha value is -1.28. The van der Waals surface area contributed by atoms with Gasteiger partial charge >= 0.3 is 0 Å². The van der Waals surface area contributed by atoms with Crippen LogP contribution in [0.15, 0.2) is 47.6 Å². The van der Waals surface area contributed by atoms with Crippen molar-refractivity contribution in [2.75, 3.05) is 78.5 Å². The minimum Gasteiger partial charge on any atom is -0.314 e. The number of hydrogen-bond donors (Lipinski definition) is 6. The third kappa shape index (κ3) is 12.2. The molecule has 6 nitrogen and oxygen atoms in total. The third-order valence-corrected chi connectivity index (χ3v) is 4.79. The van der Waals surface area contributed by atoms with Crippen molar-refractivity contribution in [1.29, 1.82) is 0 Å². The summed E-state index contributed by atoms with van der Waals surface area (Å²) in [5.74, 6) is 0. The predicted molar refractivity (Wildman–Crippen MR) is 121 cm³/mol. The average molecular weight is 389 g/mol. The Labute approximate surface area is 171 Å². The van der Waals surface area contributed by atoms with Crippen LogP contribution in [-0.2, 0) is 0 Å². The van der Waals surface area contributed by atoms with Gasteiger partial charge in [0, 0.05) is 78.5 Å². The van der Waals surface area contributed by atoms with Gasteiger partial charge in [0.25, 0.3) is 0 Å². The van der Waals surface area contributed by atoms with E-state index in [-0.39, 0.29) is 0 Å². The zero-order chi connectivity index (χ0) is 19.5. The number of hydrogen-bond acceptors (Lipinski definition) is 6. The summed E-state index contributed by atoms with van der Waals surface area (Å²) < 4.78 is 0. The molecule has 0 atom stereocenters. The fraction of sp³-hybridized carbons (Fsp3) is 0.636. The van der Waals surface area contributed by atoms with Crippen molar-refractivity contribution in [3.8, 4) is 0 Å². The van der Waals surface area contributed by atoms with Crippen LogP contribution < -0.4 is 31.9 Å². The first kappa shape index (κ1) is 23.0. The first-order valence-electron chi connectivity index (χ1n) is 10.9. The number of allylic oxidation sites excluding steroid dienone is 6. The van der Waals surface area contributed by atoms with Crippen LogP contribution >= 0.6 is 0 Å². The Morgan fingerprint density at radius 3 is 1.07 bits per heavy atom. The molecule has 0 fully saturated rings. The average Bonchev–Trinajstić information content (AvgIpc) is 3.41. The number of rotatable bonds is 19. The molecule has 0 aromatic carbocycles. The predicted octanol–water partition coefficient (Wildman–Crippen LogP) is 0.297. The quantitative estimate of drug-likeness (QED) is 0.179. The van der Waals surface area contributed by atoms with E-state index in [4.69, 9.17) is 0 Å². The fourth-order valence-electron chi connectivity index (χ4n) is 3.13. The molecule has 0 saturated carbocycles. The molecule has 0 saturated heterocycles. The van der Waals surface area contributed by atoms with Gasteiger partial charge in [-0.15, -0.1) is 0 Å². The molecule has 0 aliphatic heterocycles. The van der Waals surface area contributed by atoms with E-state index in [0.717, 1.165) is 91.4 Å². The molecule has 6 N–H and O–H groups in total. The van der Waals surface area contributed by atoms with Crippen LogP contribution in [0, 0.1) is 0 Å². The van der Waals surface area contributed by atoms with E-state index in [1.165, 1.54) is 11.1 Å². The molecule has 0 amide bonds. The molecule has 0 aromatic rings. The van der Waals surface area contributed by atoms with Crippen molar-refractivity contribution in [1.82, 2.24) is 31.9 Å². The van der Waals surface area contributed by atoms with Gasteiger partial charge in [0.05, 0.1) is 0 Å². The zero-order valence-corrected chi connectivity index (χ0v) is 17.4. The molecule has 0 aromatic heterocycles. The van der Waals surface area contributed by atoms with Gasteiger partial charge in [-0.2, -0.15) is 0 Å². The molecular formula is C22H40N6. The topological polar surface area (TPSA) is 72.2 Å². The molecule has 28 heavy (non-hydrogen) atoms. The van der Waals surface area contributed by atoms with Crippen molar-refractivity contribution in [2.24, 2.45) is 0 Å². The van der Waals surface area contributed by atoms with Crippen molar-refractivity contribution in [3.05, 3.63) is 47.6 Å². The second-order valence-electron chi connectivity index (χ2n) is 7.27. The fourth-order valence-corrected chi connectivity index (χ4v) is 3.13. The monoisotopic (exact) mass is 388 g/mol. The largest absolute Gasteiger partial charge is 0.314 e. The van der Waals surface area contributed by atoms with E-state index in [1.807, 2.05) is 0 Å². The maximum Gasteiger partial charge on any atom is 0.0171 e. The standard InChI is InChI=1S/C22H40N6/c1-2-6-21(5-1)19-27-17-15-25-13-11-23-9-10-24-12-14-26-16-18-28-20-22-7-3-4-8-22/h1-5,7,23-28H,6,8-20H2. The van der Waals surface area contributed by atoms with Crippen LogP contribution in [-0.4, -0.2) is 78.5 Å². The van der Waals surface area contributed by atoms with Gasteiger partial charge in [0.2, 0.25) is 0 Å².